The smallest absolute Gasteiger partial charge is 0.430 e. The molecule has 2 saturated carbocycles. The van der Waals surface area contributed by atoms with Crippen molar-refractivity contribution in [1.82, 2.24) is 25.0 Å². The van der Waals surface area contributed by atoms with Crippen molar-refractivity contribution in [3.05, 3.63) is 82.5 Å². The summed E-state index contributed by atoms with van der Waals surface area (Å²) in [6, 6.07) is 13.3. The number of aromatic nitrogens is 1. The number of hydrogen-bond acceptors (Lipinski definition) is 10. The van der Waals surface area contributed by atoms with Crippen molar-refractivity contribution in [2.75, 3.05) is 86.6 Å². The number of rotatable bonds is 14. The molecule has 20 heteroatoms. The average molecular weight is 1010 g/mol. The number of likely N-dealkylation sites (N-methyl/N-ethyl adjacent to an activating group) is 2. The Hall–Kier alpha value is -4.85. The normalized spacial score (nSPS) is 20.4. The van der Waals surface area contributed by atoms with Gasteiger partial charge in [-0.3, -0.25) is 14.4 Å². The third kappa shape index (κ3) is 11.4. The first-order valence-electron chi connectivity index (χ1n) is 23.5. The van der Waals surface area contributed by atoms with Crippen molar-refractivity contribution in [3.63, 3.8) is 0 Å². The number of carbonyl (C=O) groups is 3. The van der Waals surface area contributed by atoms with Gasteiger partial charge >= 0.3 is 12.4 Å². The van der Waals surface area contributed by atoms with Crippen molar-refractivity contribution >= 4 is 35.1 Å². The monoisotopic (exact) mass is 1010 g/mol. The minimum Gasteiger partial charge on any atom is -0.497 e. The molecule has 4 fully saturated rings. The van der Waals surface area contributed by atoms with Gasteiger partial charge in [0.2, 0.25) is 0 Å². The summed E-state index contributed by atoms with van der Waals surface area (Å²) in [5.41, 5.74) is -7.49. The van der Waals surface area contributed by atoms with Gasteiger partial charge in [-0.2, -0.15) is 26.3 Å². The zero-order valence-corrected chi connectivity index (χ0v) is 41.3. The van der Waals surface area contributed by atoms with E-state index >= 15 is 0 Å². The topological polar surface area (TPSA) is 148 Å². The van der Waals surface area contributed by atoms with E-state index in [1.165, 1.54) is 57.5 Å². The Labute approximate surface area is 410 Å². The van der Waals surface area contributed by atoms with E-state index in [2.05, 4.69) is 15.2 Å². The van der Waals surface area contributed by atoms with Gasteiger partial charge in [-0.25, -0.2) is 4.98 Å². The first kappa shape index (κ1) is 54.5. The van der Waals surface area contributed by atoms with Gasteiger partial charge in [-0.05, 0) is 136 Å². The molecule has 0 unspecified atom stereocenters. The van der Waals surface area contributed by atoms with Crippen LogP contribution < -0.4 is 19.7 Å². The van der Waals surface area contributed by atoms with Crippen LogP contribution in [0.3, 0.4) is 0 Å². The fourth-order valence-corrected chi connectivity index (χ4v) is 11.0. The van der Waals surface area contributed by atoms with Gasteiger partial charge in [0.15, 0.2) is 0 Å². The van der Waals surface area contributed by atoms with Crippen LogP contribution in [0.2, 0.25) is 5.15 Å². The average Bonchev–Trinajstić information content (AvgIpc) is 3.32. The fraction of sp³-hybridized carbons (Fsp3) is 0.600. The first-order chi connectivity index (χ1) is 32.8. The fourth-order valence-electron chi connectivity index (χ4n) is 10.7. The lowest BCUT2D eigenvalue weighted by atomic mass is 9.57. The second-order valence-corrected chi connectivity index (χ2v) is 20.3. The van der Waals surface area contributed by atoms with Crippen molar-refractivity contribution in [1.29, 1.82) is 0 Å². The standard InChI is InChI=1S/C29H36ClF3N4O4.C21H29F3N2O3/c1-35(2)25(38)22-8-9-23(34-24(22)30)37-14-11-27(12-15-37)17-19(18-27)10-13-36(3)26(39)28(40,29(31,32)33)20-6-5-7-21(16-20)41-4;1-26(11-6-15-13-19(14-15)7-9-25-10-8-19)18(27)20(28,21(22,23)24)16-4-3-5-17(12-16)29-2/h5-9,16,19,40H,10-15,17-18H2,1-4H3;3-5,12,15,25,28H,6-11,13-14H2,1-2H3/t28-;20-/m11/s1. The minimum atomic E-state index is -5.21. The van der Waals surface area contributed by atoms with Gasteiger partial charge in [0.1, 0.15) is 22.5 Å². The molecule has 3 amide bonds. The predicted molar refractivity (Wildman–Crippen MR) is 252 cm³/mol. The Bertz CT molecular complexity index is 2310. The van der Waals surface area contributed by atoms with Crippen LogP contribution in [0.15, 0.2) is 60.7 Å². The molecule has 2 atom stereocenters. The lowest BCUT2D eigenvalue weighted by Gasteiger charge is -2.53. The van der Waals surface area contributed by atoms with Crippen LogP contribution in [0.25, 0.3) is 0 Å². The van der Waals surface area contributed by atoms with Crippen LogP contribution in [0.5, 0.6) is 11.5 Å². The van der Waals surface area contributed by atoms with Crippen LogP contribution in [-0.2, 0) is 20.8 Å². The minimum absolute atomic E-state index is 0.106. The number of nitrogens with zero attached hydrogens (tertiary/aromatic N) is 5. The molecular weight excluding hydrogens is 946 g/mol. The Balaban J connectivity index is 0.000000244. The first-order valence-corrected chi connectivity index (χ1v) is 23.9. The predicted octanol–water partition coefficient (Wildman–Crippen LogP) is 7.81. The van der Waals surface area contributed by atoms with E-state index in [4.69, 9.17) is 21.1 Å². The quantitative estimate of drug-likeness (QED) is 0.108. The summed E-state index contributed by atoms with van der Waals surface area (Å²) in [6.07, 6.45) is -0.989. The summed E-state index contributed by atoms with van der Waals surface area (Å²) in [5.74, 6) is -1.30. The molecule has 3 heterocycles. The summed E-state index contributed by atoms with van der Waals surface area (Å²) in [6.45, 7) is 3.90. The van der Waals surface area contributed by atoms with Crippen molar-refractivity contribution < 1.29 is 60.4 Å². The van der Waals surface area contributed by atoms with Crippen LogP contribution >= 0.6 is 11.6 Å². The van der Waals surface area contributed by atoms with E-state index in [1.807, 2.05) is 6.07 Å². The highest BCUT2D eigenvalue weighted by atomic mass is 35.5. The molecule has 2 aliphatic carbocycles. The molecule has 0 radical (unpaired) electrons. The zero-order valence-electron chi connectivity index (χ0n) is 40.6. The number of anilines is 1. The molecule has 2 saturated heterocycles. The molecule has 7 rings (SSSR count). The second kappa shape index (κ2) is 21.5. The molecule has 70 heavy (non-hydrogen) atoms. The number of alkyl halides is 6. The lowest BCUT2D eigenvalue weighted by molar-refractivity contribution is -0.262. The molecule has 2 aromatic carbocycles. The number of nitrogens with one attached hydrogen (secondary N) is 1. The van der Waals surface area contributed by atoms with Crippen LogP contribution in [0.4, 0.5) is 32.2 Å². The largest absolute Gasteiger partial charge is 0.497 e. The Morgan fingerprint density at radius 3 is 1.53 bits per heavy atom. The lowest BCUT2D eigenvalue weighted by Crippen LogP contribution is -2.55. The second-order valence-electron chi connectivity index (χ2n) is 19.9. The highest BCUT2D eigenvalue weighted by molar-refractivity contribution is 6.32. The van der Waals surface area contributed by atoms with E-state index in [9.17, 15) is 50.9 Å². The summed E-state index contributed by atoms with van der Waals surface area (Å²) >= 11 is 6.29. The summed E-state index contributed by atoms with van der Waals surface area (Å²) in [5, 5.41) is 24.8. The molecule has 386 valence electrons. The molecule has 3 N–H and O–H groups in total. The Morgan fingerprint density at radius 2 is 1.14 bits per heavy atom. The van der Waals surface area contributed by atoms with E-state index in [0.29, 0.717) is 29.7 Å². The van der Waals surface area contributed by atoms with E-state index in [1.54, 1.807) is 20.2 Å². The molecule has 1 aromatic heterocycles. The number of hydrogen-bond donors (Lipinski definition) is 3. The number of ether oxygens (including phenoxy) is 2. The van der Waals surface area contributed by atoms with Crippen LogP contribution in [-0.4, -0.2) is 142 Å². The number of piperidine rings is 2. The third-order valence-corrected chi connectivity index (χ3v) is 15.3. The van der Waals surface area contributed by atoms with Crippen molar-refractivity contribution in [2.45, 2.75) is 87.8 Å². The molecule has 3 aromatic rings. The maximum atomic E-state index is 14.0. The summed E-state index contributed by atoms with van der Waals surface area (Å²) in [4.78, 5) is 48.0. The number of aliphatic hydroxyl groups is 2. The van der Waals surface area contributed by atoms with E-state index < -0.39 is 46.5 Å². The van der Waals surface area contributed by atoms with Crippen LogP contribution in [0, 0.1) is 22.7 Å². The molecule has 2 spiro atoms. The molecule has 0 bridgehead atoms. The zero-order chi connectivity index (χ0) is 51.5. The van der Waals surface area contributed by atoms with Gasteiger partial charge in [-0.15, -0.1) is 0 Å². The summed E-state index contributed by atoms with van der Waals surface area (Å²) < 4.78 is 93.5. The number of benzene rings is 2. The highest BCUT2D eigenvalue weighted by Gasteiger charge is 2.63. The van der Waals surface area contributed by atoms with Gasteiger partial charge in [0.05, 0.1) is 19.8 Å². The molecule has 4 aliphatic rings. The maximum Gasteiger partial charge on any atom is 0.430 e. The van der Waals surface area contributed by atoms with Gasteiger partial charge in [0.25, 0.3) is 28.9 Å². The molecular formula is C50H65ClF6N6O7. The Morgan fingerprint density at radius 1 is 0.714 bits per heavy atom. The third-order valence-electron chi connectivity index (χ3n) is 15.0. The van der Waals surface area contributed by atoms with E-state index in [-0.39, 0.29) is 47.0 Å². The number of halogens is 7. The van der Waals surface area contributed by atoms with Gasteiger partial charge in [-0.1, -0.05) is 35.9 Å². The number of amides is 3. The van der Waals surface area contributed by atoms with E-state index in [0.717, 1.165) is 117 Å². The van der Waals surface area contributed by atoms with Crippen molar-refractivity contribution in [2.24, 2.45) is 22.7 Å². The van der Waals surface area contributed by atoms with Crippen LogP contribution in [0.1, 0.15) is 85.7 Å². The molecule has 13 nitrogen and oxygen atoms in total. The highest BCUT2D eigenvalue weighted by Crippen LogP contribution is 2.55. The summed E-state index contributed by atoms with van der Waals surface area (Å²) in [7, 11) is 8.54. The molecule has 2 aliphatic heterocycles. The van der Waals surface area contributed by atoms with Gasteiger partial charge in [0, 0.05) is 65.5 Å². The number of carbonyl (C=O) groups excluding carboxylic acids is 3. The number of methoxy groups -OCH3 is 2. The van der Waals surface area contributed by atoms with Gasteiger partial charge < -0.3 is 44.6 Å². The SMILES string of the molecule is COc1cccc([C@@](O)(C(=O)N(C)CCC2CC3(CCN(c4ccc(C(=O)N(C)C)c(Cl)n4)CC3)C2)C(F)(F)F)c1.COc1cccc([C@@](O)(C(=O)N(C)CCC2CC3(CCNCC3)C2)C(F)(F)F)c1. The Kier molecular flexibility index (Phi) is 16.7. The maximum absolute atomic E-state index is 14.0. The van der Waals surface area contributed by atoms with Crippen molar-refractivity contribution in [3.8, 4) is 11.5 Å². The number of pyridine rings is 1.